The molecule has 0 radical (unpaired) electrons. The minimum absolute atomic E-state index is 0.173. The van der Waals surface area contributed by atoms with Crippen molar-refractivity contribution in [3.63, 3.8) is 0 Å². The summed E-state index contributed by atoms with van der Waals surface area (Å²) in [4.78, 5) is 25.8. The van der Waals surface area contributed by atoms with E-state index in [1.807, 2.05) is 0 Å². The molecule has 0 aromatic carbocycles. The fourth-order valence-electron chi connectivity index (χ4n) is 8.69. The average molecular weight is 949 g/mol. The van der Waals surface area contributed by atoms with Crippen molar-refractivity contribution >= 4 is 11.9 Å². The molecule has 0 spiro atoms. The summed E-state index contributed by atoms with van der Waals surface area (Å²) in [5.74, 6) is -0.908. The average Bonchev–Trinajstić information content (AvgIpc) is 3.31. The maximum atomic E-state index is 13.0. The Labute approximate surface area is 398 Å². The van der Waals surface area contributed by atoms with E-state index in [2.05, 4.69) is 13.8 Å². The molecule has 2 heterocycles. The van der Waals surface area contributed by atoms with Gasteiger partial charge in [-0.25, -0.2) is 0 Å². The van der Waals surface area contributed by atoms with Gasteiger partial charge in [0.05, 0.1) is 19.8 Å². The zero-order valence-electron chi connectivity index (χ0n) is 41.2. The first kappa shape index (κ1) is 60.6. The second-order valence-corrected chi connectivity index (χ2v) is 19.1. The molecule has 2 rings (SSSR count). The molecule has 2 fully saturated rings. The molecule has 0 aliphatic carbocycles. The Bertz CT molecular complexity index is 1160. The number of ether oxygens (including phenoxy) is 6. The lowest BCUT2D eigenvalue weighted by Gasteiger charge is -2.42. The molecule has 2 saturated heterocycles. The molecule has 2 aliphatic heterocycles. The number of aliphatic hydroxyl groups excluding tert-OH is 7. The molecular formula is C51H96O15. The third kappa shape index (κ3) is 27.0. The van der Waals surface area contributed by atoms with Gasteiger partial charge in [-0.1, -0.05) is 194 Å². The van der Waals surface area contributed by atoms with Gasteiger partial charge in [0.1, 0.15) is 55.4 Å². The van der Waals surface area contributed by atoms with Crippen molar-refractivity contribution in [2.24, 2.45) is 0 Å². The zero-order chi connectivity index (χ0) is 48.2. The summed E-state index contributed by atoms with van der Waals surface area (Å²) in [6.07, 6.45) is 19.8. The number of rotatable bonds is 42. The summed E-state index contributed by atoms with van der Waals surface area (Å²) < 4.78 is 33.6. The second-order valence-electron chi connectivity index (χ2n) is 19.1. The van der Waals surface area contributed by atoms with Gasteiger partial charge in [0.2, 0.25) is 0 Å². The van der Waals surface area contributed by atoms with Crippen LogP contribution in [0.3, 0.4) is 0 Å². The Kier molecular flexibility index (Phi) is 36.0. The number of hydrogen-bond donors (Lipinski definition) is 7. The van der Waals surface area contributed by atoms with E-state index in [9.17, 15) is 45.3 Å². The van der Waals surface area contributed by atoms with Crippen LogP contribution in [0, 0.1) is 0 Å². The van der Waals surface area contributed by atoms with Crippen LogP contribution < -0.4 is 0 Å². The Morgan fingerprint density at radius 2 is 0.773 bits per heavy atom. The number of carbonyl (C=O) groups is 2. The summed E-state index contributed by atoms with van der Waals surface area (Å²) >= 11 is 0. The van der Waals surface area contributed by atoms with E-state index in [0.29, 0.717) is 12.8 Å². The first-order chi connectivity index (χ1) is 32.0. The summed E-state index contributed by atoms with van der Waals surface area (Å²) in [7, 11) is 0. The van der Waals surface area contributed by atoms with Gasteiger partial charge in [-0.3, -0.25) is 9.59 Å². The molecule has 0 aromatic heterocycles. The lowest BCUT2D eigenvalue weighted by atomic mass is 9.98. The van der Waals surface area contributed by atoms with E-state index in [4.69, 9.17) is 28.4 Å². The largest absolute Gasteiger partial charge is 0.462 e. The highest BCUT2D eigenvalue weighted by molar-refractivity contribution is 5.70. The van der Waals surface area contributed by atoms with Crippen molar-refractivity contribution in [1.29, 1.82) is 0 Å². The molecule has 7 N–H and O–H groups in total. The van der Waals surface area contributed by atoms with Gasteiger partial charge in [-0.15, -0.1) is 0 Å². The molecule has 15 heteroatoms. The van der Waals surface area contributed by atoms with Crippen LogP contribution in [0.25, 0.3) is 0 Å². The molecule has 0 amide bonds. The highest BCUT2D eigenvalue weighted by atomic mass is 16.7. The van der Waals surface area contributed by atoms with Gasteiger partial charge in [0.15, 0.2) is 18.7 Å². The number of esters is 2. The summed E-state index contributed by atoms with van der Waals surface area (Å²) in [6.45, 7) is 2.63. The number of carbonyl (C=O) groups excluding carboxylic acids is 2. The zero-order valence-corrected chi connectivity index (χ0v) is 41.2. The lowest BCUT2D eigenvalue weighted by molar-refractivity contribution is -0.332. The number of aliphatic hydroxyl groups is 7. The Balaban J connectivity index is 1.79. The molecule has 0 bridgehead atoms. The molecule has 0 aromatic rings. The minimum Gasteiger partial charge on any atom is -0.462 e. The SMILES string of the molecule is CCCCCCCCCCCCCCCCCC(=O)OC[C@H](CO[C@@H]1O[C@H](CO[C@@H]2O[C@H](CO)[C@@H](O)[C@H](O)[C@H]2O)[C@H](O)[C@H](O)[C@H]1O)OC(=O)CCCCCCCCCCCCCCCCC. The van der Waals surface area contributed by atoms with E-state index in [0.717, 1.165) is 38.5 Å². The standard InChI is InChI=1S/C51H96O15/c1-3-5-7-9-11-13-15-17-19-21-23-25-27-29-31-33-42(53)61-36-39(64-43(54)34-32-30-28-26-24-22-20-18-16-14-12-10-8-6-4-2)37-62-50-49(60)47(58)45(56)41(66-50)38-63-51-48(59)46(57)44(55)40(35-52)65-51/h39-41,44-52,55-60H,3-38H2,1-2H3/t39-,40-,41-,44-,45+,46+,47+,48-,49-,50-,51-/m1/s1. The van der Waals surface area contributed by atoms with Crippen molar-refractivity contribution in [2.45, 2.75) is 287 Å². The maximum absolute atomic E-state index is 13.0. The summed E-state index contributed by atoms with van der Waals surface area (Å²) in [6, 6.07) is 0. The van der Waals surface area contributed by atoms with Crippen LogP contribution in [0.5, 0.6) is 0 Å². The van der Waals surface area contributed by atoms with E-state index in [1.165, 1.54) is 141 Å². The molecule has 11 atom stereocenters. The van der Waals surface area contributed by atoms with Crippen molar-refractivity contribution < 1.29 is 73.8 Å². The highest BCUT2D eigenvalue weighted by Crippen LogP contribution is 2.27. The van der Waals surface area contributed by atoms with Crippen LogP contribution in [0.1, 0.15) is 219 Å². The fourth-order valence-corrected chi connectivity index (χ4v) is 8.69. The molecule has 390 valence electrons. The maximum Gasteiger partial charge on any atom is 0.306 e. The van der Waals surface area contributed by atoms with E-state index < -0.39 is 92.7 Å². The highest BCUT2D eigenvalue weighted by Gasteiger charge is 2.47. The smallest absolute Gasteiger partial charge is 0.306 e. The second kappa shape index (κ2) is 39.2. The Hall–Kier alpha value is -1.50. The normalized spacial score (nSPS) is 26.1. The predicted octanol–water partition coefficient (Wildman–Crippen LogP) is 7.61. The van der Waals surface area contributed by atoms with Crippen LogP contribution in [0.4, 0.5) is 0 Å². The minimum atomic E-state index is -1.76. The molecule has 15 nitrogen and oxygen atoms in total. The monoisotopic (exact) mass is 949 g/mol. The molecule has 2 aliphatic rings. The van der Waals surface area contributed by atoms with Crippen LogP contribution >= 0.6 is 0 Å². The Morgan fingerprint density at radius 1 is 0.424 bits per heavy atom. The Morgan fingerprint density at radius 3 is 1.18 bits per heavy atom. The third-order valence-electron chi connectivity index (χ3n) is 13.1. The quantitative estimate of drug-likeness (QED) is 0.0231. The molecule has 66 heavy (non-hydrogen) atoms. The predicted molar refractivity (Wildman–Crippen MR) is 252 cm³/mol. The van der Waals surface area contributed by atoms with Crippen LogP contribution in [-0.4, -0.2) is 142 Å². The molecular weight excluding hydrogens is 853 g/mol. The van der Waals surface area contributed by atoms with Crippen LogP contribution in [0.15, 0.2) is 0 Å². The lowest BCUT2D eigenvalue weighted by Crippen LogP contribution is -2.61. The first-order valence-corrected chi connectivity index (χ1v) is 26.6. The van der Waals surface area contributed by atoms with Crippen LogP contribution in [0.2, 0.25) is 0 Å². The number of hydrogen-bond acceptors (Lipinski definition) is 15. The van der Waals surface area contributed by atoms with Crippen molar-refractivity contribution in [1.82, 2.24) is 0 Å². The van der Waals surface area contributed by atoms with E-state index in [1.54, 1.807) is 0 Å². The van der Waals surface area contributed by atoms with Gasteiger partial charge >= 0.3 is 11.9 Å². The molecule has 0 unspecified atom stereocenters. The van der Waals surface area contributed by atoms with Gasteiger partial charge in [0.25, 0.3) is 0 Å². The topological polar surface area (TPSA) is 231 Å². The van der Waals surface area contributed by atoms with Crippen molar-refractivity contribution in [3.8, 4) is 0 Å². The van der Waals surface area contributed by atoms with Gasteiger partial charge < -0.3 is 64.2 Å². The van der Waals surface area contributed by atoms with Gasteiger partial charge in [0, 0.05) is 12.8 Å². The fraction of sp³-hybridized carbons (Fsp3) is 0.961. The molecule has 0 saturated carbocycles. The van der Waals surface area contributed by atoms with Crippen molar-refractivity contribution in [3.05, 3.63) is 0 Å². The van der Waals surface area contributed by atoms with Gasteiger partial charge in [-0.2, -0.15) is 0 Å². The van der Waals surface area contributed by atoms with E-state index >= 15 is 0 Å². The van der Waals surface area contributed by atoms with Crippen LogP contribution in [-0.2, 0) is 38.0 Å². The van der Waals surface area contributed by atoms with E-state index in [-0.39, 0.29) is 26.1 Å². The number of unbranched alkanes of at least 4 members (excludes halogenated alkanes) is 28. The summed E-state index contributed by atoms with van der Waals surface area (Å²) in [5, 5.41) is 72.1. The first-order valence-electron chi connectivity index (χ1n) is 26.6. The van der Waals surface area contributed by atoms with Gasteiger partial charge in [-0.05, 0) is 12.8 Å². The van der Waals surface area contributed by atoms with Crippen molar-refractivity contribution in [2.75, 3.05) is 26.4 Å². The summed E-state index contributed by atoms with van der Waals surface area (Å²) in [5.41, 5.74) is 0. The third-order valence-corrected chi connectivity index (χ3v) is 13.1.